The summed E-state index contributed by atoms with van der Waals surface area (Å²) in [5.41, 5.74) is 4.39. The number of likely N-dealkylation sites (tertiary alicyclic amines) is 1. The Hall–Kier alpha value is -4.13. The molecule has 0 spiro atoms. The molecule has 1 saturated heterocycles. The Morgan fingerprint density at radius 3 is 2.69 bits per heavy atom. The molecular formula is C28H28N4O3. The number of hydrogen-bond donors (Lipinski definition) is 0. The van der Waals surface area contributed by atoms with Crippen molar-refractivity contribution >= 4 is 16.9 Å². The number of nitrogens with zero attached hydrogens (tertiary/aromatic N) is 4. The third-order valence-corrected chi connectivity index (χ3v) is 6.80. The normalized spacial score (nSPS) is 15.8. The lowest BCUT2D eigenvalue weighted by Crippen LogP contribution is -2.42. The van der Waals surface area contributed by atoms with Crippen LogP contribution in [-0.2, 0) is 4.79 Å². The maximum atomic E-state index is 13.7. The summed E-state index contributed by atoms with van der Waals surface area (Å²) in [6, 6.07) is 15.2. The van der Waals surface area contributed by atoms with E-state index < -0.39 is 0 Å². The van der Waals surface area contributed by atoms with E-state index in [1.54, 1.807) is 26.4 Å². The number of amides is 1. The second-order valence-electron chi connectivity index (χ2n) is 8.93. The summed E-state index contributed by atoms with van der Waals surface area (Å²) in [6.07, 6.45) is 6.40. The van der Waals surface area contributed by atoms with E-state index in [-0.39, 0.29) is 17.6 Å². The SMILES string of the molecule is C=CC(=O)N1CCCC(n2c(=O)n(-c3ccc(Oc4cccc(C)c4C)cc3)c3cnccc32)C1. The van der Waals surface area contributed by atoms with Crippen LogP contribution in [0.3, 0.4) is 0 Å². The van der Waals surface area contributed by atoms with E-state index in [2.05, 4.69) is 24.6 Å². The largest absolute Gasteiger partial charge is 0.457 e. The first kappa shape index (κ1) is 22.7. The smallest absolute Gasteiger partial charge is 0.334 e. The van der Waals surface area contributed by atoms with E-state index in [0.29, 0.717) is 18.8 Å². The minimum atomic E-state index is -0.144. The Bertz CT molecular complexity index is 1470. The van der Waals surface area contributed by atoms with Crippen molar-refractivity contribution in [1.82, 2.24) is 19.0 Å². The molecule has 0 bridgehead atoms. The van der Waals surface area contributed by atoms with Gasteiger partial charge in [0.15, 0.2) is 0 Å². The predicted molar refractivity (Wildman–Crippen MR) is 136 cm³/mol. The van der Waals surface area contributed by atoms with Crippen molar-refractivity contribution in [2.24, 2.45) is 0 Å². The predicted octanol–water partition coefficient (Wildman–Crippen LogP) is 4.95. The minimum Gasteiger partial charge on any atom is -0.457 e. The van der Waals surface area contributed by atoms with Crippen LogP contribution in [0, 0.1) is 13.8 Å². The lowest BCUT2D eigenvalue weighted by Gasteiger charge is -2.32. The van der Waals surface area contributed by atoms with Gasteiger partial charge in [0.05, 0.1) is 29.0 Å². The number of carbonyl (C=O) groups is 1. The van der Waals surface area contributed by atoms with Gasteiger partial charge in [-0.3, -0.25) is 18.9 Å². The average Bonchev–Trinajstić information content (AvgIpc) is 3.18. The molecule has 7 heteroatoms. The van der Waals surface area contributed by atoms with E-state index in [1.165, 1.54) is 11.6 Å². The fraction of sp³-hybridized carbons (Fsp3) is 0.250. The van der Waals surface area contributed by atoms with Gasteiger partial charge < -0.3 is 9.64 Å². The number of hydrogen-bond acceptors (Lipinski definition) is 4. The van der Waals surface area contributed by atoms with Crippen LogP contribution in [0.5, 0.6) is 11.5 Å². The molecule has 1 aliphatic heterocycles. The van der Waals surface area contributed by atoms with E-state index in [4.69, 9.17) is 4.74 Å². The molecule has 1 unspecified atom stereocenters. The van der Waals surface area contributed by atoms with Gasteiger partial charge in [0.25, 0.3) is 0 Å². The van der Waals surface area contributed by atoms with Crippen LogP contribution in [0.25, 0.3) is 16.7 Å². The summed E-state index contributed by atoms with van der Waals surface area (Å²) in [6.45, 7) is 8.86. The number of benzene rings is 2. The Morgan fingerprint density at radius 2 is 1.91 bits per heavy atom. The van der Waals surface area contributed by atoms with Gasteiger partial charge in [-0.1, -0.05) is 18.7 Å². The topological polar surface area (TPSA) is 69.4 Å². The van der Waals surface area contributed by atoms with Crippen LogP contribution in [0.15, 0.2) is 78.4 Å². The zero-order valence-corrected chi connectivity index (χ0v) is 20.0. The first-order valence-electron chi connectivity index (χ1n) is 11.8. The molecule has 5 rings (SSSR count). The Morgan fingerprint density at radius 1 is 1.11 bits per heavy atom. The fourth-order valence-electron chi connectivity index (χ4n) is 4.79. The Balaban J connectivity index is 1.51. The third kappa shape index (κ3) is 4.14. The van der Waals surface area contributed by atoms with Crippen LogP contribution in [0.1, 0.15) is 30.0 Å². The molecule has 7 nitrogen and oxygen atoms in total. The molecule has 0 radical (unpaired) electrons. The molecule has 1 aliphatic rings. The van der Waals surface area contributed by atoms with Crippen molar-refractivity contribution in [3.8, 4) is 17.2 Å². The van der Waals surface area contributed by atoms with Crippen LogP contribution < -0.4 is 10.4 Å². The number of carbonyl (C=O) groups excluding carboxylic acids is 1. The standard InChI is InChI=1S/C28H28N4O3/c1-4-27(33)30-16-6-8-22(18-30)32-24-14-15-29-17-25(24)31(28(32)34)21-10-12-23(13-11-21)35-26-9-5-7-19(2)20(26)3/h4-5,7,9-15,17,22H,1,6,8,16,18H2,2-3H3. The van der Waals surface area contributed by atoms with Crippen LogP contribution >= 0.6 is 0 Å². The highest BCUT2D eigenvalue weighted by molar-refractivity contribution is 5.87. The third-order valence-electron chi connectivity index (χ3n) is 6.80. The zero-order chi connectivity index (χ0) is 24.5. The summed E-state index contributed by atoms with van der Waals surface area (Å²) in [5.74, 6) is 1.41. The quantitative estimate of drug-likeness (QED) is 0.389. The van der Waals surface area contributed by atoms with Gasteiger partial charge in [-0.25, -0.2) is 4.79 Å². The molecule has 35 heavy (non-hydrogen) atoms. The number of aryl methyl sites for hydroxylation is 1. The number of pyridine rings is 1. The van der Waals surface area contributed by atoms with Crippen molar-refractivity contribution < 1.29 is 9.53 Å². The summed E-state index contributed by atoms with van der Waals surface area (Å²) >= 11 is 0. The molecule has 1 amide bonds. The summed E-state index contributed by atoms with van der Waals surface area (Å²) in [5, 5.41) is 0. The van der Waals surface area contributed by atoms with Gasteiger partial charge in [0.1, 0.15) is 11.5 Å². The average molecular weight is 469 g/mol. The highest BCUT2D eigenvalue weighted by Crippen LogP contribution is 2.29. The summed E-state index contributed by atoms with van der Waals surface area (Å²) in [4.78, 5) is 32.0. The van der Waals surface area contributed by atoms with Crippen molar-refractivity contribution in [2.75, 3.05) is 13.1 Å². The molecule has 1 fully saturated rings. The molecule has 4 aromatic rings. The second-order valence-corrected chi connectivity index (χ2v) is 8.93. The van der Waals surface area contributed by atoms with Crippen molar-refractivity contribution in [3.63, 3.8) is 0 Å². The minimum absolute atomic E-state index is 0.104. The summed E-state index contributed by atoms with van der Waals surface area (Å²) in [7, 11) is 0. The molecule has 0 aliphatic carbocycles. The van der Waals surface area contributed by atoms with Crippen molar-refractivity contribution in [1.29, 1.82) is 0 Å². The lowest BCUT2D eigenvalue weighted by molar-refractivity contribution is -0.127. The molecule has 3 heterocycles. The van der Waals surface area contributed by atoms with Gasteiger partial charge in [-0.15, -0.1) is 0 Å². The van der Waals surface area contributed by atoms with Crippen LogP contribution in [0.4, 0.5) is 0 Å². The highest BCUT2D eigenvalue weighted by Gasteiger charge is 2.27. The van der Waals surface area contributed by atoms with Gasteiger partial charge in [-0.05, 0) is 80.3 Å². The monoisotopic (exact) mass is 468 g/mol. The maximum Gasteiger partial charge on any atom is 0.334 e. The first-order chi connectivity index (χ1) is 17.0. The van der Waals surface area contributed by atoms with E-state index in [9.17, 15) is 9.59 Å². The van der Waals surface area contributed by atoms with Gasteiger partial charge >= 0.3 is 5.69 Å². The highest BCUT2D eigenvalue weighted by atomic mass is 16.5. The van der Waals surface area contributed by atoms with Gasteiger partial charge in [0, 0.05) is 19.3 Å². The van der Waals surface area contributed by atoms with Crippen molar-refractivity contribution in [2.45, 2.75) is 32.7 Å². The van der Waals surface area contributed by atoms with E-state index in [1.807, 2.05) is 49.4 Å². The number of aromatic nitrogens is 3. The Kier molecular flexibility index (Phi) is 5.99. The lowest BCUT2D eigenvalue weighted by atomic mass is 10.1. The van der Waals surface area contributed by atoms with Crippen molar-refractivity contribution in [3.05, 3.63) is 95.2 Å². The maximum absolute atomic E-state index is 13.7. The number of piperidine rings is 1. The van der Waals surface area contributed by atoms with Crippen LogP contribution in [-0.4, -0.2) is 38.0 Å². The van der Waals surface area contributed by atoms with Gasteiger partial charge in [-0.2, -0.15) is 0 Å². The zero-order valence-electron chi connectivity index (χ0n) is 20.0. The van der Waals surface area contributed by atoms with Gasteiger partial charge in [0.2, 0.25) is 5.91 Å². The molecular weight excluding hydrogens is 440 g/mol. The number of fused-ring (bicyclic) bond motifs is 1. The van der Waals surface area contributed by atoms with Crippen LogP contribution in [0.2, 0.25) is 0 Å². The van der Waals surface area contributed by atoms with E-state index in [0.717, 1.165) is 40.9 Å². The van der Waals surface area contributed by atoms with E-state index >= 15 is 0 Å². The fourth-order valence-corrected chi connectivity index (χ4v) is 4.79. The number of ether oxygens (including phenoxy) is 1. The Labute approximate surface area is 203 Å². The molecule has 2 aromatic carbocycles. The number of imidazole rings is 1. The molecule has 0 saturated carbocycles. The first-order valence-corrected chi connectivity index (χ1v) is 11.8. The molecule has 0 N–H and O–H groups in total. The molecule has 178 valence electrons. The second kappa shape index (κ2) is 9.25. The molecule has 1 atom stereocenters. The summed E-state index contributed by atoms with van der Waals surface area (Å²) < 4.78 is 9.58. The molecule has 2 aromatic heterocycles. The number of rotatable bonds is 5.